The summed E-state index contributed by atoms with van der Waals surface area (Å²) in [4.78, 5) is 9.71. The van der Waals surface area contributed by atoms with Crippen LogP contribution in [0.1, 0.15) is 32.1 Å². The third-order valence-electron chi connectivity index (χ3n) is 1.70. The van der Waals surface area contributed by atoms with Gasteiger partial charge in [0.05, 0.1) is 6.61 Å². The summed E-state index contributed by atoms with van der Waals surface area (Å²) in [5.74, 6) is 0.156. The van der Waals surface area contributed by atoms with E-state index in [-0.39, 0.29) is 0 Å². The molecule has 0 rings (SSSR count). The molecule has 0 radical (unpaired) electrons. The van der Waals surface area contributed by atoms with Crippen molar-refractivity contribution >= 4 is 40.8 Å². The van der Waals surface area contributed by atoms with Crippen LogP contribution in [0.3, 0.4) is 0 Å². The van der Waals surface area contributed by atoms with Gasteiger partial charge in [0.25, 0.3) is 0 Å². The van der Waals surface area contributed by atoms with Crippen molar-refractivity contribution in [3.63, 3.8) is 0 Å². The van der Waals surface area contributed by atoms with E-state index < -0.39 is 10.8 Å². The quantitative estimate of drug-likeness (QED) is 0.380. The average Bonchev–Trinajstić information content (AvgIpc) is 2.16. The molecule has 0 aliphatic rings. The molecule has 0 unspecified atom stereocenters. The highest BCUT2D eigenvalue weighted by Crippen LogP contribution is 2.07. The van der Waals surface area contributed by atoms with Crippen LogP contribution < -0.4 is 0 Å². The Kier molecular flexibility index (Phi) is 10.1. The Labute approximate surface area is 99.8 Å². The van der Waals surface area contributed by atoms with E-state index in [1.807, 2.05) is 0 Å². The van der Waals surface area contributed by atoms with Crippen molar-refractivity contribution in [2.24, 2.45) is 0 Å². The van der Waals surface area contributed by atoms with Crippen molar-refractivity contribution in [3.05, 3.63) is 0 Å². The van der Waals surface area contributed by atoms with Crippen LogP contribution in [0.25, 0.3) is 0 Å². The van der Waals surface area contributed by atoms with Crippen molar-refractivity contribution in [1.29, 1.82) is 0 Å². The molecule has 5 heteroatoms. The second-order valence-electron chi connectivity index (χ2n) is 2.92. The Hall–Kier alpha value is 0.340. The van der Waals surface area contributed by atoms with Crippen LogP contribution in [-0.4, -0.2) is 23.3 Å². The van der Waals surface area contributed by atoms with E-state index in [0.717, 1.165) is 38.0 Å². The molecule has 0 aliphatic carbocycles. The zero-order valence-corrected chi connectivity index (χ0v) is 10.2. The van der Waals surface area contributed by atoms with Crippen molar-refractivity contribution in [1.82, 2.24) is 0 Å². The normalized spacial score (nSPS) is 10.6. The number of rotatable bonds is 8. The SMILES string of the molecule is O=C(OCCCCCCCCl)C(Cl)Cl. The summed E-state index contributed by atoms with van der Waals surface area (Å²) in [6.07, 6.45) is 5.20. The average molecular weight is 262 g/mol. The van der Waals surface area contributed by atoms with E-state index in [2.05, 4.69) is 0 Å². The van der Waals surface area contributed by atoms with Crippen molar-refractivity contribution < 1.29 is 9.53 Å². The van der Waals surface area contributed by atoms with Gasteiger partial charge in [-0.25, -0.2) is 4.79 Å². The fourth-order valence-corrected chi connectivity index (χ4v) is 1.28. The molecule has 0 aliphatic heterocycles. The second kappa shape index (κ2) is 9.88. The smallest absolute Gasteiger partial charge is 0.339 e. The number of esters is 1. The number of halogens is 3. The minimum atomic E-state index is -1.06. The lowest BCUT2D eigenvalue weighted by molar-refractivity contribution is -0.141. The highest BCUT2D eigenvalue weighted by atomic mass is 35.5. The lowest BCUT2D eigenvalue weighted by Gasteiger charge is -2.04. The van der Waals surface area contributed by atoms with Gasteiger partial charge in [-0.05, 0) is 12.8 Å². The van der Waals surface area contributed by atoms with Gasteiger partial charge in [0.2, 0.25) is 4.84 Å². The molecule has 0 amide bonds. The van der Waals surface area contributed by atoms with E-state index >= 15 is 0 Å². The summed E-state index contributed by atoms with van der Waals surface area (Å²) in [5, 5.41) is 0. The zero-order chi connectivity index (χ0) is 10.8. The first-order chi connectivity index (χ1) is 6.68. The molecule has 0 saturated carbocycles. The molecular weight excluding hydrogens is 246 g/mol. The predicted octanol–water partition coefficient (Wildman–Crippen LogP) is 3.52. The van der Waals surface area contributed by atoms with Crippen LogP contribution >= 0.6 is 34.8 Å². The van der Waals surface area contributed by atoms with Gasteiger partial charge < -0.3 is 4.74 Å². The van der Waals surface area contributed by atoms with Gasteiger partial charge >= 0.3 is 5.97 Å². The minimum absolute atomic E-state index is 0.398. The van der Waals surface area contributed by atoms with Crippen LogP contribution in [0, 0.1) is 0 Å². The first-order valence-corrected chi connectivity index (χ1v) is 6.10. The Balaban J connectivity index is 3.10. The molecule has 0 spiro atoms. The lowest BCUT2D eigenvalue weighted by atomic mass is 10.2. The van der Waals surface area contributed by atoms with Crippen LogP contribution in [-0.2, 0) is 9.53 Å². The molecule has 0 aromatic heterocycles. The highest BCUT2D eigenvalue weighted by Gasteiger charge is 2.11. The number of carbonyl (C=O) groups is 1. The van der Waals surface area contributed by atoms with E-state index in [1.54, 1.807) is 0 Å². The molecule has 0 fully saturated rings. The molecule has 0 atom stereocenters. The number of unbranched alkanes of at least 4 members (excludes halogenated alkanes) is 4. The molecule has 84 valence electrons. The topological polar surface area (TPSA) is 26.3 Å². The molecule has 0 aromatic rings. The highest BCUT2D eigenvalue weighted by molar-refractivity contribution is 6.52. The molecular formula is C9H15Cl3O2. The van der Waals surface area contributed by atoms with Gasteiger partial charge in [0.1, 0.15) is 0 Å². The Morgan fingerprint density at radius 3 is 2.21 bits per heavy atom. The summed E-state index contributed by atoms with van der Waals surface area (Å²) in [5.41, 5.74) is 0. The fraction of sp³-hybridized carbons (Fsp3) is 0.889. The predicted molar refractivity (Wildman–Crippen MR) is 60.3 cm³/mol. The Morgan fingerprint density at radius 2 is 1.64 bits per heavy atom. The Morgan fingerprint density at radius 1 is 1.07 bits per heavy atom. The van der Waals surface area contributed by atoms with Crippen LogP contribution in [0.5, 0.6) is 0 Å². The summed E-state index contributed by atoms with van der Waals surface area (Å²) in [7, 11) is 0. The third kappa shape index (κ3) is 8.92. The monoisotopic (exact) mass is 260 g/mol. The van der Waals surface area contributed by atoms with Crippen molar-refractivity contribution in [2.45, 2.75) is 36.9 Å². The summed E-state index contributed by atoms with van der Waals surface area (Å²) in [6.45, 7) is 0.398. The maximum absolute atomic E-state index is 10.8. The van der Waals surface area contributed by atoms with E-state index in [4.69, 9.17) is 39.5 Å². The van der Waals surface area contributed by atoms with Gasteiger partial charge in [-0.15, -0.1) is 11.6 Å². The standard InChI is InChI=1S/C9H15Cl3O2/c10-6-4-2-1-3-5-7-14-9(13)8(11)12/h8H,1-7H2. The molecule has 2 nitrogen and oxygen atoms in total. The maximum Gasteiger partial charge on any atom is 0.339 e. The van der Waals surface area contributed by atoms with Crippen LogP contribution in [0.15, 0.2) is 0 Å². The summed E-state index contributed by atoms with van der Waals surface area (Å²) < 4.78 is 4.78. The molecule has 0 bridgehead atoms. The van der Waals surface area contributed by atoms with Gasteiger partial charge in [0, 0.05) is 5.88 Å². The Bertz CT molecular complexity index is 151. The lowest BCUT2D eigenvalue weighted by Crippen LogP contribution is -2.12. The van der Waals surface area contributed by atoms with E-state index in [1.165, 1.54) is 0 Å². The maximum atomic E-state index is 10.8. The third-order valence-corrected chi connectivity index (χ3v) is 2.32. The summed E-state index contributed by atoms with van der Waals surface area (Å²) in [6, 6.07) is 0. The van der Waals surface area contributed by atoms with Gasteiger partial charge in [-0.2, -0.15) is 0 Å². The van der Waals surface area contributed by atoms with E-state index in [0.29, 0.717) is 6.61 Å². The van der Waals surface area contributed by atoms with Gasteiger partial charge in [0.15, 0.2) is 0 Å². The molecule has 0 aromatic carbocycles. The van der Waals surface area contributed by atoms with Crippen LogP contribution in [0.4, 0.5) is 0 Å². The fourth-order valence-electron chi connectivity index (χ4n) is 0.963. The first kappa shape index (κ1) is 14.3. The molecule has 0 saturated heterocycles. The molecule has 0 N–H and O–H groups in total. The number of ether oxygens (including phenoxy) is 1. The molecule has 0 heterocycles. The minimum Gasteiger partial charge on any atom is -0.464 e. The first-order valence-electron chi connectivity index (χ1n) is 4.69. The van der Waals surface area contributed by atoms with Crippen LogP contribution in [0.2, 0.25) is 0 Å². The van der Waals surface area contributed by atoms with E-state index in [9.17, 15) is 4.79 Å². The van der Waals surface area contributed by atoms with Crippen molar-refractivity contribution in [2.75, 3.05) is 12.5 Å². The number of hydrogen-bond acceptors (Lipinski definition) is 2. The largest absolute Gasteiger partial charge is 0.464 e. The van der Waals surface area contributed by atoms with Gasteiger partial charge in [-0.1, -0.05) is 42.5 Å². The summed E-state index contributed by atoms with van der Waals surface area (Å²) >= 11 is 16.1. The number of alkyl halides is 3. The van der Waals surface area contributed by atoms with Gasteiger partial charge in [-0.3, -0.25) is 0 Å². The number of hydrogen-bond donors (Lipinski definition) is 0. The number of carbonyl (C=O) groups excluding carboxylic acids is 1. The second-order valence-corrected chi connectivity index (χ2v) is 4.40. The van der Waals surface area contributed by atoms with Crippen molar-refractivity contribution in [3.8, 4) is 0 Å². The molecule has 14 heavy (non-hydrogen) atoms. The zero-order valence-electron chi connectivity index (χ0n) is 7.98.